The van der Waals surface area contributed by atoms with E-state index in [-0.39, 0.29) is 0 Å². The zero-order valence-corrected chi connectivity index (χ0v) is 11.5. The highest BCUT2D eigenvalue weighted by Gasteiger charge is 2.16. The highest BCUT2D eigenvalue weighted by atomic mass is 35.5. The highest BCUT2D eigenvalue weighted by Crippen LogP contribution is 2.18. The summed E-state index contributed by atoms with van der Waals surface area (Å²) in [6, 6.07) is 12.8. The number of rotatable bonds is 3. The van der Waals surface area contributed by atoms with Gasteiger partial charge in [-0.05, 0) is 43.3 Å². The molecule has 0 aromatic heterocycles. The van der Waals surface area contributed by atoms with E-state index < -0.39 is 6.03 Å². The predicted octanol–water partition coefficient (Wildman–Crippen LogP) is 4.37. The van der Waals surface area contributed by atoms with Crippen LogP contribution in [-0.2, 0) is 0 Å². The summed E-state index contributed by atoms with van der Waals surface area (Å²) in [5, 5.41) is 6.63. The minimum Gasteiger partial charge on any atom is -0.306 e. The maximum Gasteiger partial charge on any atom is 0.349 e. The summed E-state index contributed by atoms with van der Waals surface area (Å²) in [4.78, 5) is 22.9. The summed E-state index contributed by atoms with van der Waals surface area (Å²) in [6.45, 7) is 1.91. The fourth-order valence-corrected chi connectivity index (χ4v) is 1.72. The van der Waals surface area contributed by atoms with E-state index in [0.717, 1.165) is 10.6 Å². The molecule has 0 saturated heterocycles. The van der Waals surface area contributed by atoms with Crippen molar-refractivity contribution < 1.29 is 4.79 Å². The molecule has 0 saturated carbocycles. The van der Waals surface area contributed by atoms with E-state index in [1.807, 2.05) is 6.92 Å². The van der Waals surface area contributed by atoms with Gasteiger partial charge in [0.1, 0.15) is 0 Å². The molecule has 0 fully saturated rings. The van der Waals surface area contributed by atoms with Gasteiger partial charge in [-0.3, -0.25) is 0 Å². The summed E-state index contributed by atoms with van der Waals surface area (Å²) in [5.41, 5.74) is 1.95. The second-order valence-corrected chi connectivity index (χ2v) is 4.60. The van der Waals surface area contributed by atoms with Crippen molar-refractivity contribution in [3.05, 3.63) is 64.0 Å². The Hall–Kier alpha value is -2.40. The third-order valence-electron chi connectivity index (χ3n) is 2.65. The van der Waals surface area contributed by atoms with Gasteiger partial charge in [-0.15, -0.1) is 9.92 Å². The first kappa shape index (κ1) is 14.0. The van der Waals surface area contributed by atoms with E-state index in [1.54, 1.807) is 48.5 Å². The molecule has 0 heterocycles. The van der Waals surface area contributed by atoms with Gasteiger partial charge in [0.2, 0.25) is 0 Å². The number of hydrogen-bond acceptors (Lipinski definition) is 3. The van der Waals surface area contributed by atoms with Gasteiger partial charge in [-0.1, -0.05) is 29.3 Å². The average Bonchev–Trinajstić information content (AvgIpc) is 2.44. The van der Waals surface area contributed by atoms with Crippen molar-refractivity contribution in [3.8, 4) is 0 Å². The Bertz CT molecular complexity index is 611. The van der Waals surface area contributed by atoms with E-state index in [2.05, 4.69) is 10.6 Å². The van der Waals surface area contributed by atoms with E-state index in [0.29, 0.717) is 16.4 Å². The Morgan fingerprint density at radius 2 is 1.70 bits per heavy atom. The first-order chi connectivity index (χ1) is 9.60. The SMILES string of the molecule is Cc1ccc(N(N=O)C(=O)Nc2ccc(Cl)cc2)cc1. The van der Waals surface area contributed by atoms with Crippen molar-refractivity contribution in [3.63, 3.8) is 0 Å². The Morgan fingerprint density at radius 3 is 2.25 bits per heavy atom. The molecule has 2 aromatic carbocycles. The third-order valence-corrected chi connectivity index (χ3v) is 2.90. The largest absolute Gasteiger partial charge is 0.349 e. The summed E-state index contributed by atoms with van der Waals surface area (Å²) >= 11 is 5.76. The minimum atomic E-state index is -0.633. The number of anilines is 2. The molecule has 5 nitrogen and oxygen atoms in total. The van der Waals surface area contributed by atoms with Crippen molar-refractivity contribution in [1.29, 1.82) is 0 Å². The zero-order chi connectivity index (χ0) is 14.5. The third kappa shape index (κ3) is 3.33. The number of nitroso groups, excluding NO2 is 1. The fraction of sp³-hybridized carbons (Fsp3) is 0.0714. The Balaban J connectivity index is 2.15. The van der Waals surface area contributed by atoms with Crippen molar-refractivity contribution in [2.75, 3.05) is 10.3 Å². The van der Waals surface area contributed by atoms with Crippen LogP contribution < -0.4 is 10.3 Å². The summed E-state index contributed by atoms with van der Waals surface area (Å²) < 4.78 is 0. The van der Waals surface area contributed by atoms with Gasteiger partial charge < -0.3 is 5.32 Å². The second-order valence-electron chi connectivity index (χ2n) is 4.17. The smallest absolute Gasteiger partial charge is 0.306 e. The number of hydrogen-bond donors (Lipinski definition) is 1. The lowest BCUT2D eigenvalue weighted by Crippen LogP contribution is -2.29. The van der Waals surface area contributed by atoms with Gasteiger partial charge in [0.25, 0.3) is 0 Å². The molecule has 6 heteroatoms. The van der Waals surface area contributed by atoms with Gasteiger partial charge in [0, 0.05) is 10.7 Å². The predicted molar refractivity (Wildman–Crippen MR) is 79.9 cm³/mol. The van der Waals surface area contributed by atoms with Crippen LogP contribution in [0.1, 0.15) is 5.56 Å². The van der Waals surface area contributed by atoms with Crippen LogP contribution >= 0.6 is 11.6 Å². The number of aryl methyl sites for hydroxylation is 1. The number of benzene rings is 2. The molecular formula is C14H12ClN3O2. The van der Waals surface area contributed by atoms with Gasteiger partial charge >= 0.3 is 6.03 Å². The molecule has 0 radical (unpaired) electrons. The van der Waals surface area contributed by atoms with Crippen LogP contribution in [0.15, 0.2) is 53.8 Å². The number of carbonyl (C=O) groups is 1. The number of nitrogens with one attached hydrogen (secondary N) is 1. The van der Waals surface area contributed by atoms with Gasteiger partial charge in [-0.2, -0.15) is 0 Å². The number of nitrogens with zero attached hydrogens (tertiary/aromatic N) is 2. The molecule has 2 rings (SSSR count). The lowest BCUT2D eigenvalue weighted by molar-refractivity contribution is 0.257. The monoisotopic (exact) mass is 289 g/mol. The Labute approximate surface area is 121 Å². The standard InChI is InChI=1S/C14H12ClN3O2/c1-10-2-8-13(9-3-10)18(17-20)14(19)16-12-6-4-11(15)5-7-12/h2-9H,1H3,(H,16,19). The number of amides is 2. The first-order valence-electron chi connectivity index (χ1n) is 5.87. The second kappa shape index (κ2) is 6.16. The molecule has 0 aliphatic rings. The summed E-state index contributed by atoms with van der Waals surface area (Å²) in [6.07, 6.45) is 0. The molecule has 0 aliphatic carbocycles. The van der Waals surface area contributed by atoms with Gasteiger partial charge in [-0.25, -0.2) is 4.79 Å². The Kier molecular flexibility index (Phi) is 4.32. The molecule has 0 spiro atoms. The van der Waals surface area contributed by atoms with E-state index in [1.165, 1.54) is 0 Å². The quantitative estimate of drug-likeness (QED) is 0.673. The van der Waals surface area contributed by atoms with E-state index in [4.69, 9.17) is 11.6 Å². The number of halogens is 1. The van der Waals surface area contributed by atoms with Crippen molar-refractivity contribution in [2.24, 2.45) is 5.29 Å². The van der Waals surface area contributed by atoms with Crippen molar-refractivity contribution in [2.45, 2.75) is 6.92 Å². The molecule has 0 atom stereocenters. The first-order valence-corrected chi connectivity index (χ1v) is 6.24. The van der Waals surface area contributed by atoms with Crippen LogP contribution in [0.5, 0.6) is 0 Å². The number of carbonyl (C=O) groups excluding carboxylic acids is 1. The van der Waals surface area contributed by atoms with Crippen LogP contribution in [0.25, 0.3) is 0 Å². The van der Waals surface area contributed by atoms with E-state index in [9.17, 15) is 9.70 Å². The molecule has 0 aliphatic heterocycles. The molecule has 2 aromatic rings. The molecule has 1 N–H and O–H groups in total. The van der Waals surface area contributed by atoms with Crippen LogP contribution in [-0.4, -0.2) is 6.03 Å². The molecule has 20 heavy (non-hydrogen) atoms. The summed E-state index contributed by atoms with van der Waals surface area (Å²) in [7, 11) is 0. The molecular weight excluding hydrogens is 278 g/mol. The van der Waals surface area contributed by atoms with Gasteiger partial charge in [0.05, 0.1) is 11.0 Å². The fourth-order valence-electron chi connectivity index (χ4n) is 1.60. The molecule has 0 unspecified atom stereocenters. The van der Waals surface area contributed by atoms with Gasteiger partial charge in [0.15, 0.2) is 0 Å². The van der Waals surface area contributed by atoms with E-state index >= 15 is 0 Å². The lowest BCUT2D eigenvalue weighted by Gasteiger charge is -2.14. The molecule has 0 bridgehead atoms. The average molecular weight is 290 g/mol. The van der Waals surface area contributed by atoms with Crippen molar-refractivity contribution in [1.82, 2.24) is 0 Å². The maximum absolute atomic E-state index is 12.0. The minimum absolute atomic E-state index is 0.400. The summed E-state index contributed by atoms with van der Waals surface area (Å²) in [5.74, 6) is 0. The molecule has 102 valence electrons. The number of urea groups is 1. The topological polar surface area (TPSA) is 61.8 Å². The van der Waals surface area contributed by atoms with Crippen LogP contribution in [0.3, 0.4) is 0 Å². The zero-order valence-electron chi connectivity index (χ0n) is 10.7. The van der Waals surface area contributed by atoms with Crippen LogP contribution in [0.4, 0.5) is 16.2 Å². The lowest BCUT2D eigenvalue weighted by atomic mass is 10.2. The maximum atomic E-state index is 12.0. The highest BCUT2D eigenvalue weighted by molar-refractivity contribution is 6.30. The normalized spacial score (nSPS) is 9.90. The van der Waals surface area contributed by atoms with Crippen LogP contribution in [0.2, 0.25) is 5.02 Å². The van der Waals surface area contributed by atoms with Crippen LogP contribution in [0, 0.1) is 11.8 Å². The Morgan fingerprint density at radius 1 is 1.10 bits per heavy atom. The van der Waals surface area contributed by atoms with Crippen molar-refractivity contribution >= 4 is 29.0 Å². The molecule has 2 amide bonds.